The summed E-state index contributed by atoms with van der Waals surface area (Å²) in [6.45, 7) is 0. The smallest absolute Gasteiger partial charge is 0.292 e. The lowest BCUT2D eigenvalue weighted by Crippen LogP contribution is -2.24. The molecule has 0 spiro atoms. The highest BCUT2D eigenvalue weighted by Crippen LogP contribution is 2.14. The number of rotatable bonds is 4. The van der Waals surface area contributed by atoms with Gasteiger partial charge < -0.3 is 5.32 Å². The lowest BCUT2D eigenvalue weighted by atomic mass is 10.1. The minimum absolute atomic E-state index is 0.0905. The molecule has 19 heavy (non-hydrogen) atoms. The van der Waals surface area contributed by atoms with Gasteiger partial charge in [-0.05, 0) is 23.8 Å². The molecule has 1 N–H and O–H groups in total. The topological polar surface area (TPSA) is 46.2 Å². The van der Waals surface area contributed by atoms with Crippen LogP contribution in [0.2, 0.25) is 5.02 Å². The lowest BCUT2D eigenvalue weighted by molar-refractivity contribution is -0.134. The molecule has 0 saturated heterocycles. The highest BCUT2D eigenvalue weighted by molar-refractivity contribution is 6.41. The molecule has 3 nitrogen and oxygen atoms in total. The molecule has 0 radical (unpaired) electrons. The Kier molecular flexibility index (Phi) is 4.31. The third-order valence-corrected chi connectivity index (χ3v) is 2.78. The number of nitrogens with one attached hydrogen (secondary N) is 1. The molecular formula is C15H12ClNO2. The Labute approximate surface area is 116 Å². The summed E-state index contributed by atoms with van der Waals surface area (Å²) in [5.74, 6) is -1.11. The number of anilines is 1. The van der Waals surface area contributed by atoms with E-state index in [0.29, 0.717) is 10.7 Å². The van der Waals surface area contributed by atoms with Gasteiger partial charge in [0.25, 0.3) is 5.91 Å². The van der Waals surface area contributed by atoms with Gasteiger partial charge in [-0.15, -0.1) is 0 Å². The fraction of sp³-hybridized carbons (Fsp3) is 0.0667. The molecule has 0 bridgehead atoms. The zero-order valence-corrected chi connectivity index (χ0v) is 10.9. The Hall–Kier alpha value is -2.13. The minimum Gasteiger partial charge on any atom is -0.319 e. The average Bonchev–Trinajstić information content (AvgIpc) is 2.40. The molecule has 0 heterocycles. The molecule has 96 valence electrons. The van der Waals surface area contributed by atoms with Crippen molar-refractivity contribution in [2.45, 2.75) is 6.42 Å². The molecule has 2 aromatic carbocycles. The van der Waals surface area contributed by atoms with Gasteiger partial charge in [0.2, 0.25) is 5.78 Å². The third-order valence-electron chi connectivity index (χ3n) is 2.54. The molecule has 2 aromatic rings. The van der Waals surface area contributed by atoms with Crippen molar-refractivity contribution < 1.29 is 9.59 Å². The number of hydrogen-bond donors (Lipinski definition) is 1. The SMILES string of the molecule is O=C(Cc1ccccc1)C(=O)Nc1cccc(Cl)c1. The van der Waals surface area contributed by atoms with Crippen molar-refractivity contribution in [1.82, 2.24) is 0 Å². The summed E-state index contributed by atoms with van der Waals surface area (Å²) in [6.07, 6.45) is 0.0905. The van der Waals surface area contributed by atoms with Crippen LogP contribution < -0.4 is 5.32 Å². The molecule has 2 rings (SSSR count). The molecule has 0 unspecified atom stereocenters. The van der Waals surface area contributed by atoms with Gasteiger partial charge in [0, 0.05) is 17.1 Å². The number of carbonyl (C=O) groups excluding carboxylic acids is 2. The maximum Gasteiger partial charge on any atom is 0.292 e. The number of carbonyl (C=O) groups is 2. The number of ketones is 1. The van der Waals surface area contributed by atoms with Gasteiger partial charge in [0.15, 0.2) is 0 Å². The molecule has 0 aliphatic heterocycles. The molecular weight excluding hydrogens is 262 g/mol. The van der Waals surface area contributed by atoms with Crippen molar-refractivity contribution >= 4 is 29.0 Å². The zero-order chi connectivity index (χ0) is 13.7. The Morgan fingerprint density at radius 3 is 2.42 bits per heavy atom. The van der Waals surface area contributed by atoms with Crippen LogP contribution in [0.4, 0.5) is 5.69 Å². The Bertz CT molecular complexity index is 596. The van der Waals surface area contributed by atoms with Crippen LogP contribution in [-0.4, -0.2) is 11.7 Å². The maximum absolute atomic E-state index is 11.8. The van der Waals surface area contributed by atoms with Crippen LogP contribution in [0.25, 0.3) is 0 Å². The molecule has 0 aliphatic rings. The molecule has 0 saturated carbocycles. The van der Waals surface area contributed by atoms with Gasteiger partial charge >= 0.3 is 0 Å². The summed E-state index contributed by atoms with van der Waals surface area (Å²) in [5, 5.41) is 3.04. The molecule has 0 fully saturated rings. The minimum atomic E-state index is -0.633. The van der Waals surface area contributed by atoms with E-state index in [1.165, 1.54) is 0 Å². The quantitative estimate of drug-likeness (QED) is 0.870. The van der Waals surface area contributed by atoms with Gasteiger partial charge in [-0.2, -0.15) is 0 Å². The van der Waals surface area contributed by atoms with E-state index < -0.39 is 11.7 Å². The second kappa shape index (κ2) is 6.16. The molecule has 0 aromatic heterocycles. The van der Waals surface area contributed by atoms with Crippen LogP contribution in [0.5, 0.6) is 0 Å². The van der Waals surface area contributed by atoms with E-state index >= 15 is 0 Å². The van der Waals surface area contributed by atoms with E-state index in [1.807, 2.05) is 30.3 Å². The Morgan fingerprint density at radius 2 is 1.74 bits per heavy atom. The van der Waals surface area contributed by atoms with E-state index in [9.17, 15) is 9.59 Å². The van der Waals surface area contributed by atoms with Gasteiger partial charge in [-0.25, -0.2) is 0 Å². The van der Waals surface area contributed by atoms with Gasteiger partial charge in [0.05, 0.1) is 0 Å². The van der Waals surface area contributed by atoms with Crippen LogP contribution in [-0.2, 0) is 16.0 Å². The van der Waals surface area contributed by atoms with Gasteiger partial charge in [-0.1, -0.05) is 48.0 Å². The second-order valence-electron chi connectivity index (χ2n) is 4.05. The molecule has 1 amide bonds. The monoisotopic (exact) mass is 273 g/mol. The summed E-state index contributed by atoms with van der Waals surface area (Å²) in [6, 6.07) is 15.8. The van der Waals surface area contributed by atoms with Crippen LogP contribution in [0, 0.1) is 0 Å². The molecule has 4 heteroatoms. The molecule has 0 atom stereocenters. The number of benzene rings is 2. The fourth-order valence-corrected chi connectivity index (χ4v) is 1.82. The maximum atomic E-state index is 11.8. The first-order valence-corrected chi connectivity index (χ1v) is 6.16. The summed E-state index contributed by atoms with van der Waals surface area (Å²) in [4.78, 5) is 23.5. The predicted molar refractivity (Wildman–Crippen MR) is 75.2 cm³/mol. The van der Waals surface area contributed by atoms with Crippen molar-refractivity contribution in [1.29, 1.82) is 0 Å². The van der Waals surface area contributed by atoms with E-state index in [4.69, 9.17) is 11.6 Å². The third kappa shape index (κ3) is 3.93. The fourth-order valence-electron chi connectivity index (χ4n) is 1.63. The molecule has 0 aliphatic carbocycles. The number of hydrogen-bond acceptors (Lipinski definition) is 2. The number of halogens is 1. The number of Topliss-reactive ketones (excluding diaryl/α,β-unsaturated/α-hetero) is 1. The van der Waals surface area contributed by atoms with Crippen LogP contribution in [0.1, 0.15) is 5.56 Å². The van der Waals surface area contributed by atoms with Crippen LogP contribution in [0.15, 0.2) is 54.6 Å². The Balaban J connectivity index is 1.98. The highest BCUT2D eigenvalue weighted by Gasteiger charge is 2.14. The van der Waals surface area contributed by atoms with Crippen LogP contribution >= 0.6 is 11.6 Å². The van der Waals surface area contributed by atoms with Crippen molar-refractivity contribution in [3.63, 3.8) is 0 Å². The number of amides is 1. The summed E-state index contributed by atoms with van der Waals surface area (Å²) >= 11 is 5.80. The summed E-state index contributed by atoms with van der Waals surface area (Å²) < 4.78 is 0. The first kappa shape index (κ1) is 13.3. The normalized spacial score (nSPS) is 9.95. The van der Waals surface area contributed by atoms with Crippen molar-refractivity contribution in [2.24, 2.45) is 0 Å². The van der Waals surface area contributed by atoms with Crippen LogP contribution in [0.3, 0.4) is 0 Å². The first-order chi connectivity index (χ1) is 9.15. The van der Waals surface area contributed by atoms with Gasteiger partial charge in [-0.3, -0.25) is 9.59 Å². The standard InChI is InChI=1S/C15H12ClNO2/c16-12-7-4-8-13(10-12)17-15(19)14(18)9-11-5-2-1-3-6-11/h1-8,10H,9H2,(H,17,19). The van der Waals surface area contributed by atoms with Crippen molar-refractivity contribution in [3.05, 3.63) is 65.2 Å². The highest BCUT2D eigenvalue weighted by atomic mass is 35.5. The Morgan fingerprint density at radius 1 is 1.00 bits per heavy atom. The van der Waals surface area contributed by atoms with E-state index in [1.54, 1.807) is 24.3 Å². The summed E-state index contributed by atoms with van der Waals surface area (Å²) in [7, 11) is 0. The second-order valence-corrected chi connectivity index (χ2v) is 4.49. The summed E-state index contributed by atoms with van der Waals surface area (Å²) in [5.41, 5.74) is 1.33. The van der Waals surface area contributed by atoms with E-state index in [-0.39, 0.29) is 6.42 Å². The van der Waals surface area contributed by atoms with E-state index in [0.717, 1.165) is 5.56 Å². The van der Waals surface area contributed by atoms with Gasteiger partial charge in [0.1, 0.15) is 0 Å². The zero-order valence-electron chi connectivity index (χ0n) is 10.1. The van der Waals surface area contributed by atoms with Crippen molar-refractivity contribution in [2.75, 3.05) is 5.32 Å². The largest absolute Gasteiger partial charge is 0.319 e. The first-order valence-electron chi connectivity index (χ1n) is 5.79. The van der Waals surface area contributed by atoms with E-state index in [2.05, 4.69) is 5.32 Å². The predicted octanol–water partition coefficient (Wildman–Crippen LogP) is 3.09. The lowest BCUT2D eigenvalue weighted by Gasteiger charge is -2.04. The van der Waals surface area contributed by atoms with Crippen molar-refractivity contribution in [3.8, 4) is 0 Å². The average molecular weight is 274 g/mol.